The van der Waals surface area contributed by atoms with E-state index in [9.17, 15) is 10.1 Å². The fourth-order valence-corrected chi connectivity index (χ4v) is 2.68. The topological polar surface area (TPSA) is 72.2 Å². The summed E-state index contributed by atoms with van der Waals surface area (Å²) in [7, 11) is 1.60. The van der Waals surface area contributed by atoms with Crippen LogP contribution in [0.4, 0.5) is 0 Å². The zero-order chi connectivity index (χ0) is 16.7. The molecule has 1 aromatic carbocycles. The van der Waals surface area contributed by atoms with E-state index in [-0.39, 0.29) is 11.7 Å². The number of pyridine rings is 1. The molecule has 5 nitrogen and oxygen atoms in total. The second kappa shape index (κ2) is 8.20. The number of thioether (sulfide) groups is 1. The predicted octanol–water partition coefficient (Wildman–Crippen LogP) is 3.28. The summed E-state index contributed by atoms with van der Waals surface area (Å²) in [6.07, 6.45) is 0. The van der Waals surface area contributed by atoms with Gasteiger partial charge in [0.2, 0.25) is 0 Å². The van der Waals surface area contributed by atoms with Crippen LogP contribution in [0.5, 0.6) is 5.75 Å². The molecule has 0 spiro atoms. The lowest BCUT2D eigenvalue weighted by atomic mass is 10.1. The molecule has 0 amide bonds. The number of rotatable bonds is 6. The van der Waals surface area contributed by atoms with E-state index in [4.69, 9.17) is 9.47 Å². The van der Waals surface area contributed by atoms with Gasteiger partial charge >= 0.3 is 5.97 Å². The molecule has 1 heterocycles. The number of aromatic nitrogens is 1. The number of benzene rings is 1. The number of nitrogens with zero attached hydrogens (tertiary/aromatic N) is 2. The zero-order valence-corrected chi connectivity index (χ0v) is 13.7. The highest BCUT2D eigenvalue weighted by Gasteiger charge is 2.11. The minimum absolute atomic E-state index is 0.122. The van der Waals surface area contributed by atoms with Crippen molar-refractivity contribution in [2.45, 2.75) is 11.9 Å². The van der Waals surface area contributed by atoms with E-state index in [1.165, 1.54) is 11.8 Å². The van der Waals surface area contributed by atoms with Crippen LogP contribution in [0.2, 0.25) is 0 Å². The van der Waals surface area contributed by atoms with Crippen molar-refractivity contribution in [2.24, 2.45) is 0 Å². The lowest BCUT2D eigenvalue weighted by Crippen LogP contribution is -2.07. The molecule has 0 atom stereocenters. The van der Waals surface area contributed by atoms with E-state index in [1.807, 2.05) is 24.3 Å². The summed E-state index contributed by atoms with van der Waals surface area (Å²) < 4.78 is 10.1. The van der Waals surface area contributed by atoms with Crippen LogP contribution in [-0.2, 0) is 9.53 Å². The number of carbonyl (C=O) groups excluding carboxylic acids is 1. The Morgan fingerprint density at radius 1 is 1.35 bits per heavy atom. The zero-order valence-electron chi connectivity index (χ0n) is 12.9. The van der Waals surface area contributed by atoms with Crippen LogP contribution in [0.15, 0.2) is 41.4 Å². The molecule has 6 heteroatoms. The Labute approximate surface area is 139 Å². The first kappa shape index (κ1) is 16.8. The van der Waals surface area contributed by atoms with Crippen LogP contribution in [0.3, 0.4) is 0 Å². The summed E-state index contributed by atoms with van der Waals surface area (Å²) in [6.45, 7) is 2.09. The highest BCUT2D eigenvalue weighted by atomic mass is 32.2. The second-order valence-corrected chi connectivity index (χ2v) is 5.45. The summed E-state index contributed by atoms with van der Waals surface area (Å²) in [5.74, 6) is 0.529. The van der Waals surface area contributed by atoms with Gasteiger partial charge < -0.3 is 9.47 Å². The summed E-state index contributed by atoms with van der Waals surface area (Å²) in [6, 6.07) is 13.1. The van der Waals surface area contributed by atoms with E-state index in [0.29, 0.717) is 22.9 Å². The molecule has 0 fully saturated rings. The Bertz CT molecular complexity index is 741. The van der Waals surface area contributed by atoms with Crippen molar-refractivity contribution in [3.05, 3.63) is 42.0 Å². The van der Waals surface area contributed by atoms with E-state index < -0.39 is 0 Å². The first-order valence-corrected chi connectivity index (χ1v) is 8.00. The van der Waals surface area contributed by atoms with Crippen LogP contribution >= 0.6 is 11.8 Å². The van der Waals surface area contributed by atoms with Gasteiger partial charge in [-0.05, 0) is 31.2 Å². The van der Waals surface area contributed by atoms with Crippen molar-refractivity contribution in [1.82, 2.24) is 4.98 Å². The Morgan fingerprint density at radius 2 is 2.17 bits per heavy atom. The number of hydrogen-bond acceptors (Lipinski definition) is 6. The second-order valence-electron chi connectivity index (χ2n) is 4.49. The molecule has 0 N–H and O–H groups in total. The molecule has 118 valence electrons. The SMILES string of the molecule is CCOC(=O)CSc1nc(-c2cccc(OC)c2)ccc1C#N. The van der Waals surface area contributed by atoms with Gasteiger partial charge in [0, 0.05) is 5.56 Å². The van der Waals surface area contributed by atoms with Gasteiger partial charge in [-0.25, -0.2) is 4.98 Å². The molecule has 0 aliphatic heterocycles. The fourth-order valence-electron chi connectivity index (χ4n) is 1.91. The Morgan fingerprint density at radius 3 is 2.87 bits per heavy atom. The van der Waals surface area contributed by atoms with Gasteiger partial charge in [-0.2, -0.15) is 5.26 Å². The van der Waals surface area contributed by atoms with Crippen molar-refractivity contribution in [3.8, 4) is 23.1 Å². The first-order valence-electron chi connectivity index (χ1n) is 7.02. The molecule has 23 heavy (non-hydrogen) atoms. The van der Waals surface area contributed by atoms with Gasteiger partial charge in [0.15, 0.2) is 0 Å². The van der Waals surface area contributed by atoms with E-state index in [2.05, 4.69) is 11.1 Å². The Kier molecular flexibility index (Phi) is 6.01. The normalized spacial score (nSPS) is 9.96. The molecule has 0 radical (unpaired) electrons. The largest absolute Gasteiger partial charge is 0.497 e. The predicted molar refractivity (Wildman–Crippen MR) is 88.3 cm³/mol. The van der Waals surface area contributed by atoms with Crippen LogP contribution in [0, 0.1) is 11.3 Å². The third kappa shape index (κ3) is 4.47. The van der Waals surface area contributed by atoms with Crippen molar-refractivity contribution >= 4 is 17.7 Å². The highest BCUT2D eigenvalue weighted by Crippen LogP contribution is 2.27. The van der Waals surface area contributed by atoms with Crippen molar-refractivity contribution in [3.63, 3.8) is 0 Å². The maximum atomic E-state index is 11.5. The van der Waals surface area contributed by atoms with E-state index in [1.54, 1.807) is 26.2 Å². The number of hydrogen-bond donors (Lipinski definition) is 0. The Hall–Kier alpha value is -2.52. The number of ether oxygens (including phenoxy) is 2. The van der Waals surface area contributed by atoms with Gasteiger partial charge in [0.25, 0.3) is 0 Å². The maximum absolute atomic E-state index is 11.5. The van der Waals surface area contributed by atoms with E-state index >= 15 is 0 Å². The molecule has 0 aliphatic carbocycles. The molecule has 0 saturated heterocycles. The molecule has 2 aromatic rings. The minimum atomic E-state index is -0.324. The Balaban J connectivity index is 2.27. The third-order valence-electron chi connectivity index (χ3n) is 2.98. The van der Waals surface area contributed by atoms with E-state index in [0.717, 1.165) is 11.3 Å². The molecular weight excluding hydrogens is 312 g/mol. The molecular formula is C17H16N2O3S. The molecule has 1 aromatic heterocycles. The number of nitriles is 1. The summed E-state index contributed by atoms with van der Waals surface area (Å²) >= 11 is 1.20. The van der Waals surface area contributed by atoms with Crippen molar-refractivity contribution in [1.29, 1.82) is 5.26 Å². The number of methoxy groups -OCH3 is 1. The van der Waals surface area contributed by atoms with Crippen LogP contribution in [0.25, 0.3) is 11.3 Å². The molecule has 0 unspecified atom stereocenters. The molecule has 0 saturated carbocycles. The maximum Gasteiger partial charge on any atom is 0.316 e. The average Bonchev–Trinajstić information content (AvgIpc) is 2.60. The van der Waals surface area contributed by atoms with Crippen LogP contribution in [-0.4, -0.2) is 30.4 Å². The molecule has 2 rings (SSSR count). The van der Waals surface area contributed by atoms with Gasteiger partial charge in [0.05, 0.1) is 30.7 Å². The minimum Gasteiger partial charge on any atom is -0.497 e. The summed E-state index contributed by atoms with van der Waals surface area (Å²) in [4.78, 5) is 16.0. The lowest BCUT2D eigenvalue weighted by molar-refractivity contribution is -0.139. The first-order chi connectivity index (χ1) is 11.2. The van der Waals surface area contributed by atoms with Gasteiger partial charge in [0.1, 0.15) is 16.8 Å². The quantitative estimate of drug-likeness (QED) is 0.598. The van der Waals surface area contributed by atoms with Crippen LogP contribution < -0.4 is 4.74 Å². The van der Waals surface area contributed by atoms with Gasteiger partial charge in [-0.15, -0.1) is 0 Å². The third-order valence-corrected chi connectivity index (χ3v) is 3.94. The molecule has 0 bridgehead atoms. The monoisotopic (exact) mass is 328 g/mol. The number of esters is 1. The number of carbonyl (C=O) groups is 1. The smallest absolute Gasteiger partial charge is 0.316 e. The standard InChI is InChI=1S/C17H16N2O3S/c1-3-22-16(20)11-23-17-13(10-18)7-8-15(19-17)12-5-4-6-14(9-12)21-2/h4-9H,3,11H2,1-2H3. The van der Waals surface area contributed by atoms with Crippen LogP contribution in [0.1, 0.15) is 12.5 Å². The average molecular weight is 328 g/mol. The van der Waals surface area contributed by atoms with Gasteiger partial charge in [-0.3, -0.25) is 4.79 Å². The van der Waals surface area contributed by atoms with Crippen molar-refractivity contribution < 1.29 is 14.3 Å². The molecule has 0 aliphatic rings. The highest BCUT2D eigenvalue weighted by molar-refractivity contribution is 7.99. The fraction of sp³-hybridized carbons (Fsp3) is 0.235. The van der Waals surface area contributed by atoms with Crippen molar-refractivity contribution in [2.75, 3.05) is 19.5 Å². The summed E-state index contributed by atoms with van der Waals surface area (Å²) in [5, 5.41) is 9.71. The lowest BCUT2D eigenvalue weighted by Gasteiger charge is -2.08. The van der Waals surface area contributed by atoms with Gasteiger partial charge in [-0.1, -0.05) is 23.9 Å². The summed E-state index contributed by atoms with van der Waals surface area (Å²) in [5.41, 5.74) is 2.03.